The SMILES string of the molecule is COc1ccc(C2CC(c3ccccc3)=NN2C(=O)CCC(=O)N(C)Cc2sccc2C)cc1. The number of methoxy groups -OCH3 is 1. The monoisotopic (exact) mass is 475 g/mol. The minimum absolute atomic E-state index is 0.0476. The zero-order chi connectivity index (χ0) is 24.1. The molecule has 2 heterocycles. The number of thiophene rings is 1. The summed E-state index contributed by atoms with van der Waals surface area (Å²) in [5.41, 5.74) is 4.04. The number of hydrogen-bond acceptors (Lipinski definition) is 5. The first-order valence-corrected chi connectivity index (χ1v) is 12.2. The van der Waals surface area contributed by atoms with E-state index < -0.39 is 0 Å². The number of carbonyl (C=O) groups excluding carboxylic acids is 2. The third-order valence-corrected chi connectivity index (χ3v) is 7.11. The summed E-state index contributed by atoms with van der Waals surface area (Å²) in [7, 11) is 3.42. The number of rotatable bonds is 8. The van der Waals surface area contributed by atoms with Gasteiger partial charge in [0.2, 0.25) is 11.8 Å². The minimum atomic E-state index is -0.213. The largest absolute Gasteiger partial charge is 0.497 e. The van der Waals surface area contributed by atoms with E-state index in [0.29, 0.717) is 13.0 Å². The van der Waals surface area contributed by atoms with Crippen molar-refractivity contribution in [2.24, 2.45) is 5.10 Å². The molecule has 176 valence electrons. The second-order valence-corrected chi connectivity index (χ2v) is 9.42. The highest BCUT2D eigenvalue weighted by molar-refractivity contribution is 7.10. The predicted octanol–water partition coefficient (Wildman–Crippen LogP) is 5.18. The summed E-state index contributed by atoms with van der Waals surface area (Å²) in [6.45, 7) is 2.60. The van der Waals surface area contributed by atoms with Crippen LogP contribution in [0.2, 0.25) is 0 Å². The molecule has 6 nitrogen and oxygen atoms in total. The standard InChI is InChI=1S/C27H29N3O3S/c1-19-15-16-34-25(19)18-29(2)26(31)13-14-27(32)30-24(21-9-11-22(33-3)12-10-21)17-23(28-30)20-7-5-4-6-8-20/h4-12,15-16,24H,13-14,17-18H2,1-3H3. The molecule has 1 atom stereocenters. The first-order chi connectivity index (χ1) is 16.5. The summed E-state index contributed by atoms with van der Waals surface area (Å²) in [4.78, 5) is 28.8. The van der Waals surface area contributed by atoms with E-state index in [1.165, 1.54) is 10.4 Å². The molecule has 7 heteroatoms. The van der Waals surface area contributed by atoms with Gasteiger partial charge in [-0.25, -0.2) is 5.01 Å². The highest BCUT2D eigenvalue weighted by Gasteiger charge is 2.33. The molecule has 1 unspecified atom stereocenters. The van der Waals surface area contributed by atoms with E-state index in [1.54, 1.807) is 35.4 Å². The fraction of sp³-hybridized carbons (Fsp3) is 0.296. The van der Waals surface area contributed by atoms with Crippen molar-refractivity contribution < 1.29 is 14.3 Å². The second-order valence-electron chi connectivity index (χ2n) is 8.42. The van der Waals surface area contributed by atoms with Gasteiger partial charge in [-0.05, 0) is 47.2 Å². The van der Waals surface area contributed by atoms with E-state index in [4.69, 9.17) is 9.84 Å². The second kappa shape index (κ2) is 10.7. The Labute approximate surface area is 204 Å². The minimum Gasteiger partial charge on any atom is -0.497 e. The predicted molar refractivity (Wildman–Crippen MR) is 135 cm³/mol. The van der Waals surface area contributed by atoms with Crippen LogP contribution in [0.15, 0.2) is 71.1 Å². The van der Waals surface area contributed by atoms with Gasteiger partial charge in [0, 0.05) is 31.2 Å². The fourth-order valence-corrected chi connectivity index (χ4v) is 4.98. The molecule has 4 rings (SSSR count). The van der Waals surface area contributed by atoms with Crippen molar-refractivity contribution in [3.63, 3.8) is 0 Å². The van der Waals surface area contributed by atoms with E-state index in [9.17, 15) is 9.59 Å². The van der Waals surface area contributed by atoms with Crippen LogP contribution in [0, 0.1) is 6.92 Å². The number of nitrogens with zero attached hydrogens (tertiary/aromatic N) is 3. The first-order valence-electron chi connectivity index (χ1n) is 11.3. The van der Waals surface area contributed by atoms with E-state index in [1.807, 2.05) is 66.9 Å². The van der Waals surface area contributed by atoms with Crippen molar-refractivity contribution in [2.45, 2.75) is 38.8 Å². The molecule has 3 aromatic rings. The molecule has 1 aliphatic heterocycles. The van der Waals surface area contributed by atoms with Crippen molar-refractivity contribution in [3.8, 4) is 5.75 Å². The van der Waals surface area contributed by atoms with Crippen molar-refractivity contribution in [3.05, 3.63) is 87.6 Å². The van der Waals surface area contributed by atoms with E-state index in [-0.39, 0.29) is 30.7 Å². The third-order valence-electron chi connectivity index (χ3n) is 6.10. The van der Waals surface area contributed by atoms with E-state index in [0.717, 1.165) is 22.6 Å². The maximum Gasteiger partial charge on any atom is 0.243 e. The smallest absolute Gasteiger partial charge is 0.243 e. The van der Waals surface area contributed by atoms with Gasteiger partial charge in [0.15, 0.2) is 0 Å². The van der Waals surface area contributed by atoms with Gasteiger partial charge < -0.3 is 9.64 Å². The van der Waals surface area contributed by atoms with Crippen molar-refractivity contribution in [2.75, 3.05) is 14.2 Å². The van der Waals surface area contributed by atoms with Crippen LogP contribution in [0.1, 0.15) is 46.9 Å². The van der Waals surface area contributed by atoms with Crippen LogP contribution in [-0.2, 0) is 16.1 Å². The average Bonchev–Trinajstić information content (AvgIpc) is 3.49. The summed E-state index contributed by atoms with van der Waals surface area (Å²) in [6.07, 6.45) is 0.889. The van der Waals surface area contributed by atoms with Crippen molar-refractivity contribution in [1.82, 2.24) is 9.91 Å². The number of hydrogen-bond donors (Lipinski definition) is 0. The van der Waals surface area contributed by atoms with Gasteiger partial charge in [0.05, 0.1) is 25.4 Å². The molecule has 2 amide bonds. The Balaban J connectivity index is 1.47. The Morgan fingerprint density at radius 3 is 2.47 bits per heavy atom. The maximum absolute atomic E-state index is 13.3. The van der Waals surface area contributed by atoms with E-state index in [2.05, 4.69) is 6.07 Å². The van der Waals surface area contributed by atoms with Crippen molar-refractivity contribution in [1.29, 1.82) is 0 Å². The van der Waals surface area contributed by atoms with Crippen LogP contribution in [-0.4, -0.2) is 41.6 Å². The average molecular weight is 476 g/mol. The molecule has 0 saturated heterocycles. The van der Waals surface area contributed by atoms with Crippen LogP contribution in [0.25, 0.3) is 0 Å². The Morgan fingerprint density at radius 1 is 1.09 bits per heavy atom. The Hall–Kier alpha value is -3.45. The van der Waals surface area contributed by atoms with Crippen LogP contribution < -0.4 is 4.74 Å². The lowest BCUT2D eigenvalue weighted by Crippen LogP contribution is -2.30. The summed E-state index contributed by atoms with van der Waals surface area (Å²) >= 11 is 1.64. The molecule has 2 aromatic carbocycles. The summed E-state index contributed by atoms with van der Waals surface area (Å²) < 4.78 is 5.28. The van der Waals surface area contributed by atoms with E-state index >= 15 is 0 Å². The van der Waals surface area contributed by atoms with Crippen LogP contribution in [0.3, 0.4) is 0 Å². The fourth-order valence-electron chi connectivity index (χ4n) is 4.02. The van der Waals surface area contributed by atoms with Gasteiger partial charge in [-0.2, -0.15) is 5.10 Å². The molecule has 0 bridgehead atoms. The number of amides is 2. The topological polar surface area (TPSA) is 62.2 Å². The molecular weight excluding hydrogens is 446 g/mol. The van der Waals surface area contributed by atoms with Gasteiger partial charge in [-0.3, -0.25) is 9.59 Å². The van der Waals surface area contributed by atoms with Crippen LogP contribution in [0.5, 0.6) is 5.75 Å². The van der Waals surface area contributed by atoms with Gasteiger partial charge in [-0.1, -0.05) is 42.5 Å². The molecule has 0 radical (unpaired) electrons. The molecule has 0 N–H and O–H groups in total. The Kier molecular flexibility index (Phi) is 7.43. The zero-order valence-electron chi connectivity index (χ0n) is 19.7. The number of ether oxygens (including phenoxy) is 1. The molecule has 1 aliphatic rings. The lowest BCUT2D eigenvalue weighted by Gasteiger charge is -2.23. The van der Waals surface area contributed by atoms with Gasteiger partial charge in [-0.15, -0.1) is 11.3 Å². The first kappa shape index (κ1) is 23.7. The summed E-state index contributed by atoms with van der Waals surface area (Å²) in [5.74, 6) is 0.563. The van der Waals surface area contributed by atoms with Crippen molar-refractivity contribution >= 4 is 28.9 Å². The van der Waals surface area contributed by atoms with Gasteiger partial charge in [0.25, 0.3) is 0 Å². The Morgan fingerprint density at radius 2 is 1.82 bits per heavy atom. The number of hydrazone groups is 1. The molecular formula is C27H29N3O3S. The lowest BCUT2D eigenvalue weighted by molar-refractivity contribution is -0.137. The third kappa shape index (κ3) is 5.37. The van der Waals surface area contributed by atoms with Crippen LogP contribution >= 0.6 is 11.3 Å². The zero-order valence-corrected chi connectivity index (χ0v) is 20.5. The number of carbonyl (C=O) groups is 2. The molecule has 0 fully saturated rings. The Bertz CT molecular complexity index is 1170. The summed E-state index contributed by atoms with van der Waals surface area (Å²) in [5, 5.41) is 8.29. The quantitative estimate of drug-likeness (QED) is 0.451. The number of aryl methyl sites for hydroxylation is 1. The molecule has 34 heavy (non-hydrogen) atoms. The maximum atomic E-state index is 13.3. The highest BCUT2D eigenvalue weighted by Crippen LogP contribution is 2.34. The van der Waals surface area contributed by atoms with Crippen LogP contribution in [0.4, 0.5) is 0 Å². The molecule has 0 spiro atoms. The molecule has 0 saturated carbocycles. The molecule has 0 aliphatic carbocycles. The lowest BCUT2D eigenvalue weighted by atomic mass is 9.98. The number of benzene rings is 2. The normalized spacial score (nSPS) is 15.2. The molecule has 1 aromatic heterocycles. The highest BCUT2D eigenvalue weighted by atomic mass is 32.1. The summed E-state index contributed by atoms with van der Waals surface area (Å²) in [6, 6.07) is 19.5. The van der Waals surface area contributed by atoms with Gasteiger partial charge >= 0.3 is 0 Å². The van der Waals surface area contributed by atoms with Gasteiger partial charge in [0.1, 0.15) is 5.75 Å².